The monoisotopic (exact) mass is 449 g/mol. The molecule has 5 aliphatic heterocycles. The van der Waals surface area contributed by atoms with Crippen LogP contribution in [0.15, 0.2) is 30.9 Å². The Morgan fingerprint density at radius 1 is 1.33 bits per heavy atom. The first-order chi connectivity index (χ1) is 15.9. The molecule has 2 amide bonds. The van der Waals surface area contributed by atoms with Gasteiger partial charge in [0.25, 0.3) is 0 Å². The van der Waals surface area contributed by atoms with E-state index in [4.69, 9.17) is 4.74 Å². The van der Waals surface area contributed by atoms with Gasteiger partial charge in [0.1, 0.15) is 5.60 Å². The molecule has 172 valence electrons. The number of hydrogen-bond donors (Lipinski definition) is 1. The summed E-state index contributed by atoms with van der Waals surface area (Å²) < 4.78 is 5.70. The van der Waals surface area contributed by atoms with Gasteiger partial charge in [-0.05, 0) is 44.2 Å². The molecule has 6 aliphatic rings. The number of amides is 2. The molecule has 1 aliphatic carbocycles. The van der Waals surface area contributed by atoms with E-state index in [0.717, 1.165) is 24.0 Å². The van der Waals surface area contributed by atoms with E-state index in [-0.39, 0.29) is 18.6 Å². The molecule has 1 aromatic rings. The molecule has 6 atom stereocenters. The van der Waals surface area contributed by atoms with Crippen molar-refractivity contribution >= 4 is 23.5 Å². The van der Waals surface area contributed by atoms with E-state index in [1.807, 2.05) is 18.2 Å². The lowest BCUT2D eigenvalue weighted by Crippen LogP contribution is -2.76. The van der Waals surface area contributed by atoms with Gasteiger partial charge in [0.05, 0.1) is 18.2 Å². The van der Waals surface area contributed by atoms with Crippen molar-refractivity contribution in [3.63, 3.8) is 0 Å². The van der Waals surface area contributed by atoms with Gasteiger partial charge in [-0.3, -0.25) is 19.4 Å². The minimum absolute atomic E-state index is 0.172. The number of benzene rings is 1. The smallest absolute Gasteiger partial charge is 0.331 e. The van der Waals surface area contributed by atoms with Crippen molar-refractivity contribution in [3.8, 4) is 0 Å². The van der Waals surface area contributed by atoms with Crippen LogP contribution in [-0.4, -0.2) is 69.6 Å². The van der Waals surface area contributed by atoms with E-state index in [2.05, 4.69) is 11.5 Å². The quantitative estimate of drug-likeness (QED) is 0.418. The first-order valence-electron chi connectivity index (χ1n) is 12.0. The topological polar surface area (TPSA) is 90.4 Å². The summed E-state index contributed by atoms with van der Waals surface area (Å²) in [4.78, 5) is 46.4. The van der Waals surface area contributed by atoms with Crippen LogP contribution in [0.2, 0.25) is 0 Å². The number of fused-ring (bicyclic) bond motifs is 4. The zero-order chi connectivity index (χ0) is 22.9. The molecule has 8 heteroatoms. The molecule has 1 N–H and O–H groups in total. The average Bonchev–Trinajstić information content (AvgIpc) is 3.36. The summed E-state index contributed by atoms with van der Waals surface area (Å²) in [6.07, 6.45) is 4.60. The summed E-state index contributed by atoms with van der Waals surface area (Å²) in [5, 5.41) is 12.5. The van der Waals surface area contributed by atoms with Gasteiger partial charge in [0.15, 0.2) is 11.2 Å². The van der Waals surface area contributed by atoms with Gasteiger partial charge in [0, 0.05) is 30.6 Å². The molecule has 1 spiro atoms. The number of hydrogen-bond acceptors (Lipinski definition) is 6. The summed E-state index contributed by atoms with van der Waals surface area (Å²) in [6.45, 7) is 6.63. The van der Waals surface area contributed by atoms with Crippen LogP contribution in [0.1, 0.15) is 37.3 Å². The number of anilines is 1. The van der Waals surface area contributed by atoms with Gasteiger partial charge in [-0.25, -0.2) is 4.79 Å². The maximum Gasteiger partial charge on any atom is 0.331 e. The molecule has 8 nitrogen and oxygen atoms in total. The molecule has 0 saturated carbocycles. The molecular weight excluding hydrogens is 422 g/mol. The molecular formula is C25H27N3O5. The summed E-state index contributed by atoms with van der Waals surface area (Å²) in [7, 11) is 0. The molecule has 4 fully saturated rings. The van der Waals surface area contributed by atoms with Crippen molar-refractivity contribution in [2.75, 3.05) is 24.6 Å². The van der Waals surface area contributed by atoms with Crippen molar-refractivity contribution < 1.29 is 24.2 Å². The number of esters is 1. The SMILES string of the molecule is C=CCN1[C@@H]2CC3CN4C(=O)C(=O)N5c6cccc7c6[C@](O)(CCC7)[C@H]2[C@@]45[C@]31C(=O)OCC. The number of aliphatic hydroxyl groups is 1. The molecule has 1 unspecified atom stereocenters. The van der Waals surface area contributed by atoms with E-state index >= 15 is 0 Å². The maximum absolute atomic E-state index is 14.0. The van der Waals surface area contributed by atoms with Gasteiger partial charge in [-0.2, -0.15) is 0 Å². The second-order valence-electron chi connectivity index (χ2n) is 10.3. The highest BCUT2D eigenvalue weighted by atomic mass is 16.5. The molecule has 4 saturated heterocycles. The van der Waals surface area contributed by atoms with Gasteiger partial charge in [-0.15, -0.1) is 6.58 Å². The van der Waals surface area contributed by atoms with Crippen LogP contribution in [0, 0.1) is 11.8 Å². The lowest BCUT2D eigenvalue weighted by molar-refractivity contribution is -0.165. The molecule has 0 aromatic heterocycles. The molecule has 2 bridgehead atoms. The van der Waals surface area contributed by atoms with Crippen LogP contribution in [0.4, 0.5) is 5.69 Å². The van der Waals surface area contributed by atoms with Crippen LogP contribution in [0.5, 0.6) is 0 Å². The van der Waals surface area contributed by atoms with Crippen molar-refractivity contribution in [3.05, 3.63) is 42.0 Å². The van der Waals surface area contributed by atoms with Crippen molar-refractivity contribution in [2.45, 2.75) is 55.5 Å². The first kappa shape index (κ1) is 19.7. The van der Waals surface area contributed by atoms with Crippen LogP contribution < -0.4 is 4.90 Å². The summed E-state index contributed by atoms with van der Waals surface area (Å²) in [6, 6.07) is 5.54. The first-order valence-corrected chi connectivity index (χ1v) is 12.0. The largest absolute Gasteiger partial charge is 0.464 e. The van der Waals surface area contributed by atoms with Crippen LogP contribution >= 0.6 is 0 Å². The predicted molar refractivity (Wildman–Crippen MR) is 117 cm³/mol. The predicted octanol–water partition coefficient (Wildman–Crippen LogP) is 0.917. The fourth-order valence-corrected chi connectivity index (χ4v) is 8.90. The Hall–Kier alpha value is -2.71. The van der Waals surface area contributed by atoms with Crippen molar-refractivity contribution in [1.29, 1.82) is 0 Å². The lowest BCUT2D eigenvalue weighted by Gasteiger charge is -2.59. The highest BCUT2D eigenvalue weighted by Gasteiger charge is 2.92. The van der Waals surface area contributed by atoms with Crippen LogP contribution in [0.3, 0.4) is 0 Å². The minimum atomic E-state index is -1.29. The van der Waals surface area contributed by atoms with Gasteiger partial charge in [0.2, 0.25) is 0 Å². The van der Waals surface area contributed by atoms with E-state index in [0.29, 0.717) is 31.6 Å². The molecule has 1 aromatic carbocycles. The maximum atomic E-state index is 14.0. The van der Waals surface area contributed by atoms with E-state index in [1.54, 1.807) is 22.8 Å². The highest BCUT2D eigenvalue weighted by Crippen LogP contribution is 2.74. The molecule has 7 rings (SSSR count). The normalized spacial score (nSPS) is 41.5. The summed E-state index contributed by atoms with van der Waals surface area (Å²) in [5.74, 6) is -2.28. The lowest BCUT2D eigenvalue weighted by atomic mass is 9.56. The Kier molecular flexibility index (Phi) is 3.50. The Morgan fingerprint density at radius 3 is 2.91 bits per heavy atom. The van der Waals surface area contributed by atoms with Gasteiger partial charge < -0.3 is 14.7 Å². The van der Waals surface area contributed by atoms with Gasteiger partial charge in [-0.1, -0.05) is 18.2 Å². The van der Waals surface area contributed by atoms with Crippen LogP contribution in [0.25, 0.3) is 0 Å². The fourth-order valence-electron chi connectivity index (χ4n) is 8.90. The number of ether oxygens (including phenoxy) is 1. The van der Waals surface area contributed by atoms with Crippen molar-refractivity contribution in [1.82, 2.24) is 9.80 Å². The molecule has 5 heterocycles. The zero-order valence-corrected chi connectivity index (χ0v) is 18.6. The Bertz CT molecular complexity index is 1170. The van der Waals surface area contributed by atoms with E-state index in [1.165, 1.54) is 0 Å². The van der Waals surface area contributed by atoms with Crippen molar-refractivity contribution in [2.24, 2.45) is 11.8 Å². The second kappa shape index (κ2) is 5.85. The molecule has 33 heavy (non-hydrogen) atoms. The number of rotatable bonds is 4. The third kappa shape index (κ3) is 1.70. The fraction of sp³-hybridized carbons (Fsp3) is 0.560. The second-order valence-corrected chi connectivity index (χ2v) is 10.3. The number of nitrogens with zero attached hydrogens (tertiary/aromatic N) is 3. The van der Waals surface area contributed by atoms with E-state index < -0.39 is 40.5 Å². The minimum Gasteiger partial charge on any atom is -0.464 e. The van der Waals surface area contributed by atoms with E-state index in [9.17, 15) is 19.5 Å². The third-order valence-corrected chi connectivity index (χ3v) is 9.37. The number of aryl methyl sites for hydroxylation is 1. The number of carbonyl (C=O) groups excluding carboxylic acids is 3. The zero-order valence-electron chi connectivity index (χ0n) is 18.6. The highest BCUT2D eigenvalue weighted by molar-refractivity contribution is 6.44. The standard InChI is InChI=1S/C25H27N3O5/c1-3-11-26-17-12-15-13-27-20(29)21(30)28-16-9-5-7-14-8-6-10-23(32,18(14)16)19(17)25(27,28)24(15,26)22(31)33-4-2/h3,5,7,9,15,17,19,32H,1,4,6,8,10-13H2,2H3/t15?,17-,19+,23-,24-,25-/m1/s1. The molecule has 0 radical (unpaired) electrons. The number of carbonyl (C=O) groups is 3. The summed E-state index contributed by atoms with van der Waals surface area (Å²) in [5.41, 5.74) is -1.40. The summed E-state index contributed by atoms with van der Waals surface area (Å²) >= 11 is 0. The third-order valence-electron chi connectivity index (χ3n) is 9.37. The Morgan fingerprint density at radius 2 is 2.15 bits per heavy atom. The average molecular weight is 450 g/mol. The Balaban J connectivity index is 1.62. The van der Waals surface area contributed by atoms with Crippen LogP contribution in [-0.2, 0) is 31.1 Å². The Labute approximate surface area is 191 Å². The van der Waals surface area contributed by atoms with Gasteiger partial charge >= 0.3 is 17.8 Å².